The lowest BCUT2D eigenvalue weighted by Gasteiger charge is -2.31. The lowest BCUT2D eigenvalue weighted by atomic mass is 10.2. The van der Waals surface area contributed by atoms with Gasteiger partial charge in [0.25, 0.3) is 5.91 Å². The molecule has 20 heavy (non-hydrogen) atoms. The third kappa shape index (κ3) is 3.26. The van der Waals surface area contributed by atoms with Gasteiger partial charge in [-0.2, -0.15) is 0 Å². The minimum Gasteiger partial charge on any atom is -0.314 e. The Balaban J connectivity index is 1.87. The number of nitroso groups, excluding NO2 is 1. The van der Waals surface area contributed by atoms with E-state index in [-0.39, 0.29) is 43.7 Å². The Morgan fingerprint density at radius 2 is 2.00 bits per heavy atom. The van der Waals surface area contributed by atoms with Crippen molar-refractivity contribution in [2.24, 2.45) is 5.18 Å². The van der Waals surface area contributed by atoms with Crippen molar-refractivity contribution in [1.82, 2.24) is 15.1 Å². The topological polar surface area (TPSA) is 99.2 Å². The van der Waals surface area contributed by atoms with E-state index in [1.807, 2.05) is 4.90 Å². The van der Waals surface area contributed by atoms with Crippen molar-refractivity contribution < 1.29 is 14.4 Å². The van der Waals surface area contributed by atoms with Crippen molar-refractivity contribution in [1.29, 1.82) is 0 Å². The van der Waals surface area contributed by atoms with Gasteiger partial charge >= 0.3 is 0 Å². The van der Waals surface area contributed by atoms with Gasteiger partial charge in [0.1, 0.15) is 0 Å². The van der Waals surface area contributed by atoms with Crippen LogP contribution in [0.5, 0.6) is 0 Å². The van der Waals surface area contributed by atoms with Crippen LogP contribution >= 0.6 is 0 Å². The first-order valence-electron chi connectivity index (χ1n) is 6.78. The van der Waals surface area contributed by atoms with Crippen LogP contribution < -0.4 is 5.32 Å². The Labute approximate surface area is 116 Å². The number of hydrogen-bond acceptors (Lipinski definition) is 6. The highest BCUT2D eigenvalue weighted by atomic mass is 16.3. The normalized spacial score (nSPS) is 24.2. The summed E-state index contributed by atoms with van der Waals surface area (Å²) in [4.78, 5) is 48.1. The van der Waals surface area contributed by atoms with Crippen LogP contribution in [0.2, 0.25) is 0 Å². The number of carbonyl (C=O) groups excluding carboxylic acids is 3. The highest BCUT2D eigenvalue weighted by Crippen LogP contribution is 2.19. The van der Waals surface area contributed by atoms with E-state index < -0.39 is 5.91 Å². The van der Waals surface area contributed by atoms with Crippen LogP contribution in [0.3, 0.4) is 0 Å². The van der Waals surface area contributed by atoms with E-state index in [0.717, 1.165) is 26.2 Å². The Hall–Kier alpha value is -1.67. The van der Waals surface area contributed by atoms with Crippen molar-refractivity contribution in [3.05, 3.63) is 4.91 Å². The van der Waals surface area contributed by atoms with Gasteiger partial charge in [0, 0.05) is 44.3 Å². The molecule has 0 spiro atoms. The SMILES string of the molecule is O=NC(=O)CCCN1C(=O)CC(N2CCNCC2)C1=O. The van der Waals surface area contributed by atoms with Crippen molar-refractivity contribution in [2.75, 3.05) is 32.7 Å². The molecule has 2 rings (SSSR count). The van der Waals surface area contributed by atoms with Gasteiger partial charge in [0.2, 0.25) is 11.8 Å². The lowest BCUT2D eigenvalue weighted by Crippen LogP contribution is -2.51. The molecule has 0 bridgehead atoms. The number of likely N-dealkylation sites (tertiary alicyclic amines) is 1. The highest BCUT2D eigenvalue weighted by Gasteiger charge is 2.41. The summed E-state index contributed by atoms with van der Waals surface area (Å²) in [5.41, 5.74) is 0. The van der Waals surface area contributed by atoms with Crippen LogP contribution in [-0.2, 0) is 14.4 Å². The monoisotopic (exact) mass is 282 g/mol. The van der Waals surface area contributed by atoms with Gasteiger partial charge in [0.05, 0.1) is 12.5 Å². The number of nitrogens with one attached hydrogen (secondary N) is 1. The van der Waals surface area contributed by atoms with Gasteiger partial charge in [-0.3, -0.25) is 24.2 Å². The molecule has 2 fully saturated rings. The van der Waals surface area contributed by atoms with E-state index in [2.05, 4.69) is 10.5 Å². The Bertz CT molecular complexity index is 420. The molecule has 0 aromatic heterocycles. The molecule has 0 aliphatic carbocycles. The van der Waals surface area contributed by atoms with Crippen molar-refractivity contribution in [2.45, 2.75) is 25.3 Å². The summed E-state index contributed by atoms with van der Waals surface area (Å²) in [6, 6.07) is -0.371. The zero-order valence-corrected chi connectivity index (χ0v) is 11.2. The van der Waals surface area contributed by atoms with Crippen LogP contribution in [0.1, 0.15) is 19.3 Å². The molecule has 0 saturated carbocycles. The van der Waals surface area contributed by atoms with Gasteiger partial charge in [-0.25, -0.2) is 0 Å². The first-order chi connectivity index (χ1) is 9.63. The molecule has 3 amide bonds. The Kier molecular flexibility index (Phi) is 4.91. The van der Waals surface area contributed by atoms with E-state index in [4.69, 9.17) is 0 Å². The number of imide groups is 1. The fraction of sp³-hybridized carbons (Fsp3) is 0.750. The number of amides is 3. The lowest BCUT2D eigenvalue weighted by molar-refractivity contribution is -0.140. The molecule has 110 valence electrons. The molecule has 1 unspecified atom stereocenters. The van der Waals surface area contributed by atoms with E-state index in [1.165, 1.54) is 4.90 Å². The van der Waals surface area contributed by atoms with E-state index in [0.29, 0.717) is 0 Å². The van der Waals surface area contributed by atoms with Gasteiger partial charge < -0.3 is 5.32 Å². The smallest absolute Gasteiger partial charge is 0.286 e. The average Bonchev–Trinajstić information content (AvgIpc) is 2.75. The van der Waals surface area contributed by atoms with Gasteiger partial charge in [-0.15, -0.1) is 4.91 Å². The summed E-state index contributed by atoms with van der Waals surface area (Å²) < 4.78 is 0. The molecular weight excluding hydrogens is 264 g/mol. The standard InChI is InChI=1S/C12H18N4O4/c17-10(14-20)2-1-5-16-11(18)8-9(12(16)19)15-6-3-13-4-7-15/h9,13H,1-8H2. The Morgan fingerprint density at radius 1 is 1.30 bits per heavy atom. The molecule has 8 heteroatoms. The van der Waals surface area contributed by atoms with Crippen LogP contribution in [0.15, 0.2) is 5.18 Å². The number of rotatable bonds is 5. The molecule has 1 atom stereocenters. The largest absolute Gasteiger partial charge is 0.314 e. The third-order valence-electron chi connectivity index (χ3n) is 3.69. The third-order valence-corrected chi connectivity index (χ3v) is 3.69. The second-order valence-corrected chi connectivity index (χ2v) is 4.98. The molecule has 2 saturated heterocycles. The summed E-state index contributed by atoms with van der Waals surface area (Å²) in [7, 11) is 0. The maximum absolute atomic E-state index is 12.2. The molecule has 8 nitrogen and oxygen atoms in total. The molecule has 2 heterocycles. The van der Waals surface area contributed by atoms with Crippen LogP contribution in [-0.4, -0.2) is 66.3 Å². The first kappa shape index (κ1) is 14.7. The van der Waals surface area contributed by atoms with E-state index in [1.54, 1.807) is 0 Å². The maximum Gasteiger partial charge on any atom is 0.286 e. The van der Waals surface area contributed by atoms with Crippen LogP contribution in [0, 0.1) is 4.91 Å². The average molecular weight is 282 g/mol. The minimum absolute atomic E-state index is 0.0289. The number of hydrogen-bond donors (Lipinski definition) is 1. The minimum atomic E-state index is -0.747. The summed E-state index contributed by atoms with van der Waals surface area (Å²) in [5.74, 6) is -1.14. The summed E-state index contributed by atoms with van der Waals surface area (Å²) in [6.07, 6.45) is 0.466. The summed E-state index contributed by atoms with van der Waals surface area (Å²) in [5, 5.41) is 5.49. The maximum atomic E-state index is 12.2. The summed E-state index contributed by atoms with van der Waals surface area (Å²) >= 11 is 0. The van der Waals surface area contributed by atoms with Crippen molar-refractivity contribution in [3.63, 3.8) is 0 Å². The quantitative estimate of drug-likeness (QED) is 0.518. The fourth-order valence-electron chi connectivity index (χ4n) is 2.61. The van der Waals surface area contributed by atoms with Crippen LogP contribution in [0.4, 0.5) is 0 Å². The van der Waals surface area contributed by atoms with Crippen molar-refractivity contribution in [3.8, 4) is 0 Å². The summed E-state index contributed by atoms with van der Waals surface area (Å²) in [6.45, 7) is 3.33. The molecule has 0 radical (unpaired) electrons. The van der Waals surface area contributed by atoms with Crippen LogP contribution in [0.25, 0.3) is 0 Å². The molecule has 2 aliphatic rings. The second kappa shape index (κ2) is 6.67. The highest BCUT2D eigenvalue weighted by molar-refractivity contribution is 6.05. The zero-order valence-electron chi connectivity index (χ0n) is 11.2. The van der Waals surface area contributed by atoms with Gasteiger partial charge in [-0.1, -0.05) is 0 Å². The number of nitrogens with zero attached hydrogens (tertiary/aromatic N) is 3. The molecule has 0 aromatic carbocycles. The predicted octanol–water partition coefficient (Wildman–Crippen LogP) is -0.908. The zero-order chi connectivity index (χ0) is 14.5. The van der Waals surface area contributed by atoms with Crippen molar-refractivity contribution >= 4 is 17.7 Å². The second-order valence-electron chi connectivity index (χ2n) is 4.98. The molecular formula is C12H18N4O4. The number of carbonyl (C=O) groups is 3. The molecule has 2 aliphatic heterocycles. The van der Waals surface area contributed by atoms with Gasteiger partial charge in [-0.05, 0) is 6.42 Å². The fourth-order valence-corrected chi connectivity index (χ4v) is 2.61. The van der Waals surface area contributed by atoms with Gasteiger partial charge in [0.15, 0.2) is 0 Å². The Morgan fingerprint density at radius 3 is 2.65 bits per heavy atom. The molecule has 0 aromatic rings. The first-order valence-corrected chi connectivity index (χ1v) is 6.78. The molecule has 1 N–H and O–H groups in total. The number of piperazine rings is 1. The van der Waals surface area contributed by atoms with E-state index in [9.17, 15) is 19.3 Å². The predicted molar refractivity (Wildman–Crippen MR) is 69.6 cm³/mol. The van der Waals surface area contributed by atoms with E-state index >= 15 is 0 Å².